The van der Waals surface area contributed by atoms with Crippen LogP contribution in [0.15, 0.2) is 0 Å². The maximum atomic E-state index is 6.59. The zero-order valence-corrected chi connectivity index (χ0v) is 4.34. The van der Waals surface area contributed by atoms with Gasteiger partial charge < -0.3 is 11.4 Å². The molecule has 0 bridgehead atoms. The fourth-order valence-corrected chi connectivity index (χ4v) is 0. The van der Waals surface area contributed by atoms with Crippen LogP contribution in [0.5, 0.6) is 0 Å². The minimum absolute atomic E-state index is 0.0910. The number of hydrogen-bond acceptors (Lipinski definition) is 2. The molecule has 0 atom stereocenters. The van der Waals surface area contributed by atoms with E-state index in [9.17, 15) is 0 Å². The Balaban J connectivity index is 4.10. The van der Waals surface area contributed by atoms with Crippen LogP contribution in [0, 0.1) is 0 Å². The largest absolute Gasteiger partial charge is 0.388 e. The topological polar surface area (TPSA) is 52.0 Å². The third-order valence-electron chi connectivity index (χ3n) is 0.183. The average molecular weight is 124 g/mol. The van der Waals surface area contributed by atoms with Crippen molar-refractivity contribution in [1.29, 1.82) is 0 Å². The van der Waals surface area contributed by atoms with Crippen molar-refractivity contribution in [2.75, 3.05) is 0 Å². The van der Waals surface area contributed by atoms with E-state index in [4.69, 9.17) is 5.65 Å². The normalized spacial score (nSPS) is 15.3. The van der Waals surface area contributed by atoms with Crippen LogP contribution in [0.25, 0.3) is 0 Å². The molecular formula is C2H4N2S2. The molecule has 0 heterocycles. The molecule has 0 radical (unpaired) electrons. The summed E-state index contributed by atoms with van der Waals surface area (Å²) in [5, 5.41) is 0. The highest BCUT2D eigenvalue weighted by Gasteiger charge is 1.84. The standard InChI is InChI=1S/C2H4N2S2/c3-1(5)2(4)6/h(H2,3,5)(H2,4,6)/i/hD4. The predicted molar refractivity (Wildman–Crippen MR) is 33.6 cm³/mol. The van der Waals surface area contributed by atoms with Crippen molar-refractivity contribution in [3.05, 3.63) is 0 Å². The lowest BCUT2D eigenvalue weighted by molar-refractivity contribution is 1.79. The molecule has 0 spiro atoms. The van der Waals surface area contributed by atoms with E-state index < -0.39 is 0 Å². The van der Waals surface area contributed by atoms with Crippen molar-refractivity contribution in [2.24, 2.45) is 11.4 Å². The van der Waals surface area contributed by atoms with Gasteiger partial charge in [0.05, 0.1) is 0 Å². The first-order valence-electron chi connectivity index (χ1n) is 2.89. The van der Waals surface area contributed by atoms with Gasteiger partial charge in [-0.15, -0.1) is 0 Å². The summed E-state index contributed by atoms with van der Waals surface area (Å²) in [6.45, 7) is 0. The fraction of sp³-hybridized carbons (Fsp3) is 0. The molecule has 0 aromatic heterocycles. The molecule has 0 amide bonds. The first kappa shape index (κ1) is 1.71. The second kappa shape index (κ2) is 2.04. The van der Waals surface area contributed by atoms with Crippen LogP contribution < -0.4 is 11.4 Å². The van der Waals surface area contributed by atoms with E-state index in [1.165, 1.54) is 0 Å². The molecule has 0 saturated carbocycles. The monoisotopic (exact) mass is 124 g/mol. The Morgan fingerprint density at radius 1 is 1.33 bits per heavy atom. The number of rotatable bonds is 0. The van der Waals surface area contributed by atoms with Crippen LogP contribution in [0.1, 0.15) is 0 Å². The van der Waals surface area contributed by atoms with Gasteiger partial charge in [-0.2, -0.15) is 0 Å². The lowest BCUT2D eigenvalue weighted by Crippen LogP contribution is -2.26. The van der Waals surface area contributed by atoms with E-state index in [2.05, 4.69) is 24.4 Å². The Kier molecular flexibility index (Phi) is 0.584. The van der Waals surface area contributed by atoms with Crippen molar-refractivity contribution < 1.29 is 5.65 Å². The van der Waals surface area contributed by atoms with E-state index in [1.807, 2.05) is 0 Å². The predicted octanol–water partition coefficient (Wildman–Crippen LogP) is -0.441. The van der Waals surface area contributed by atoms with Gasteiger partial charge in [0.1, 0.15) is 9.98 Å². The molecule has 4 N–H and O–H groups in total. The second-order valence-electron chi connectivity index (χ2n) is 0.610. The smallest absolute Gasteiger partial charge is 0.157 e. The van der Waals surface area contributed by atoms with Crippen molar-refractivity contribution in [3.63, 3.8) is 0 Å². The zero-order valence-electron chi connectivity index (χ0n) is 6.71. The van der Waals surface area contributed by atoms with Crippen molar-refractivity contribution in [1.82, 2.24) is 0 Å². The molecular weight excluding hydrogens is 116 g/mol. The summed E-state index contributed by atoms with van der Waals surface area (Å²) in [5.74, 6) is 0. The van der Waals surface area contributed by atoms with Crippen LogP contribution in [0.4, 0.5) is 0 Å². The summed E-state index contributed by atoms with van der Waals surface area (Å²) in [5.41, 5.74) is 0.182. The Labute approximate surface area is 52.4 Å². The van der Waals surface area contributed by atoms with Gasteiger partial charge in [-0.05, 0) is 0 Å². The average Bonchev–Trinajstić information content (AvgIpc) is 1.84. The highest BCUT2D eigenvalue weighted by molar-refractivity contribution is 7.89. The summed E-state index contributed by atoms with van der Waals surface area (Å²) in [4.78, 5) is -0.667. The molecule has 0 rings (SSSR count). The van der Waals surface area contributed by atoms with Crippen LogP contribution in [-0.4, -0.2) is 9.98 Å². The van der Waals surface area contributed by atoms with Gasteiger partial charge in [0.15, 0.2) is 5.65 Å². The number of hydrogen-bond donors (Lipinski definition) is 2. The van der Waals surface area contributed by atoms with E-state index in [-0.39, 0.29) is 21.4 Å². The summed E-state index contributed by atoms with van der Waals surface area (Å²) < 4.78 is 26.3. The first-order chi connectivity index (χ1) is 4.46. The third kappa shape index (κ3) is 2.04. The van der Waals surface area contributed by atoms with Gasteiger partial charge in [0.25, 0.3) is 0 Å². The van der Waals surface area contributed by atoms with Crippen LogP contribution in [-0.2, 0) is 0 Å². The molecule has 0 aromatic carbocycles. The lowest BCUT2D eigenvalue weighted by Gasteiger charge is -1.84. The van der Waals surface area contributed by atoms with Crippen LogP contribution in [0.2, 0.25) is 5.65 Å². The molecule has 6 heavy (non-hydrogen) atoms. The minimum atomic E-state index is -0.333. The van der Waals surface area contributed by atoms with E-state index in [0.29, 0.717) is 0 Å². The summed E-state index contributed by atoms with van der Waals surface area (Å²) in [7, 11) is 0. The van der Waals surface area contributed by atoms with Gasteiger partial charge >= 0.3 is 0 Å². The molecule has 34 valence electrons. The summed E-state index contributed by atoms with van der Waals surface area (Å²) in [6, 6.07) is 0. The summed E-state index contributed by atoms with van der Waals surface area (Å²) >= 11 is 8.81. The number of nitrogens with two attached hydrogens (primary N) is 2. The highest BCUT2D eigenvalue weighted by Crippen LogP contribution is 1.62. The van der Waals surface area contributed by atoms with Crippen molar-refractivity contribution in [3.8, 4) is 0 Å². The second-order valence-corrected chi connectivity index (χ2v) is 1.38. The quantitative estimate of drug-likeness (QED) is 0.430. The SMILES string of the molecule is [2H]N([2H])C(=S)C(=S)N([2H])[2H]. The Hall–Kier alpha value is -0.220. The molecule has 0 aromatic rings. The molecule has 0 unspecified atom stereocenters. The third-order valence-corrected chi connectivity index (χ3v) is 0.699. The van der Waals surface area contributed by atoms with E-state index in [1.54, 1.807) is 0 Å². The number of thiocarbonyl (C=S) groups is 2. The highest BCUT2D eigenvalue weighted by atomic mass is 32.1. The molecule has 0 saturated heterocycles. The van der Waals surface area contributed by atoms with Gasteiger partial charge in [-0.3, -0.25) is 0 Å². The first-order valence-corrected chi connectivity index (χ1v) is 1.92. The van der Waals surface area contributed by atoms with Gasteiger partial charge in [-0.1, -0.05) is 24.4 Å². The van der Waals surface area contributed by atoms with Crippen LogP contribution >= 0.6 is 24.4 Å². The fourth-order valence-electron chi connectivity index (χ4n) is 0. The molecule has 0 aliphatic rings. The van der Waals surface area contributed by atoms with Gasteiger partial charge in [0.2, 0.25) is 0 Å². The van der Waals surface area contributed by atoms with Crippen molar-refractivity contribution in [2.45, 2.75) is 0 Å². The molecule has 2 nitrogen and oxygen atoms in total. The summed E-state index contributed by atoms with van der Waals surface area (Å²) in [6.07, 6.45) is 0. The molecule has 0 aliphatic carbocycles. The van der Waals surface area contributed by atoms with E-state index in [0.717, 1.165) is 0 Å². The molecule has 0 aliphatic heterocycles. The van der Waals surface area contributed by atoms with Crippen molar-refractivity contribution >= 4 is 34.4 Å². The van der Waals surface area contributed by atoms with Gasteiger partial charge in [-0.25, -0.2) is 0 Å². The van der Waals surface area contributed by atoms with Crippen LogP contribution in [0.3, 0.4) is 0 Å². The lowest BCUT2D eigenvalue weighted by atomic mass is 10.7. The maximum absolute atomic E-state index is 6.59. The molecule has 0 fully saturated rings. The Bertz CT molecular complexity index is 139. The van der Waals surface area contributed by atoms with Gasteiger partial charge in [0, 0.05) is 0 Å². The zero-order chi connectivity index (χ0) is 8.31. The molecule has 4 heteroatoms. The Morgan fingerprint density at radius 2 is 1.67 bits per heavy atom. The minimum Gasteiger partial charge on any atom is -0.388 e. The maximum Gasteiger partial charge on any atom is 0.157 e. The van der Waals surface area contributed by atoms with E-state index >= 15 is 0 Å². The Morgan fingerprint density at radius 3 is 1.83 bits per heavy atom.